The molecule has 5 nitrogen and oxygen atoms in total. The predicted molar refractivity (Wildman–Crippen MR) is 126 cm³/mol. The number of hydrogen-bond acceptors (Lipinski definition) is 5. The number of carbonyl (C=O) groups excluding carboxylic acids is 3. The van der Waals surface area contributed by atoms with Gasteiger partial charge in [-0.25, -0.2) is 4.79 Å². The van der Waals surface area contributed by atoms with Crippen molar-refractivity contribution in [3.05, 3.63) is 105 Å². The van der Waals surface area contributed by atoms with E-state index >= 15 is 0 Å². The van der Waals surface area contributed by atoms with E-state index in [1.165, 1.54) is 4.90 Å². The Morgan fingerprint density at radius 1 is 1.03 bits per heavy atom. The van der Waals surface area contributed by atoms with Crippen LogP contribution in [0.15, 0.2) is 77.7 Å². The third-order valence-electron chi connectivity index (χ3n) is 4.74. The number of rotatable bonds is 5. The number of nitrogens with zero attached hydrogens (tertiary/aromatic N) is 1. The fourth-order valence-corrected chi connectivity index (χ4v) is 4.16. The quantitative estimate of drug-likeness (QED) is 0.260. The first-order valence-corrected chi connectivity index (χ1v) is 11.0. The lowest BCUT2D eigenvalue weighted by molar-refractivity contribution is -0.123. The summed E-state index contributed by atoms with van der Waals surface area (Å²) in [5.74, 6) is -0.528. The van der Waals surface area contributed by atoms with Gasteiger partial charge in [0, 0.05) is 5.02 Å². The normalized spacial score (nSPS) is 14.8. The molecule has 4 rings (SSSR count). The summed E-state index contributed by atoms with van der Waals surface area (Å²) in [7, 11) is 0. The van der Waals surface area contributed by atoms with Crippen molar-refractivity contribution in [1.29, 1.82) is 0 Å². The molecule has 0 bridgehead atoms. The minimum Gasteiger partial charge on any atom is -0.423 e. The number of thioether (sulfide) groups is 1. The van der Waals surface area contributed by atoms with Gasteiger partial charge in [0.2, 0.25) is 0 Å². The molecule has 0 unspecified atom stereocenters. The van der Waals surface area contributed by atoms with Crippen LogP contribution in [0, 0.1) is 6.92 Å². The summed E-state index contributed by atoms with van der Waals surface area (Å²) in [4.78, 5) is 39.1. The van der Waals surface area contributed by atoms with E-state index < -0.39 is 5.97 Å². The molecule has 1 aliphatic rings. The molecule has 0 N–H and O–H groups in total. The maximum atomic E-state index is 12.8. The highest BCUT2D eigenvalue weighted by Crippen LogP contribution is 2.33. The Kier molecular flexibility index (Phi) is 6.44. The predicted octanol–water partition coefficient (Wildman–Crippen LogP) is 6.10. The summed E-state index contributed by atoms with van der Waals surface area (Å²) < 4.78 is 5.42. The van der Waals surface area contributed by atoms with Crippen molar-refractivity contribution in [2.24, 2.45) is 0 Å². The van der Waals surface area contributed by atoms with Crippen LogP contribution < -0.4 is 4.74 Å². The van der Waals surface area contributed by atoms with Crippen LogP contribution in [0.1, 0.15) is 27.0 Å². The highest BCUT2D eigenvalue weighted by atomic mass is 35.5. The highest BCUT2D eigenvalue weighted by Gasteiger charge is 2.35. The first-order valence-electron chi connectivity index (χ1n) is 9.78. The van der Waals surface area contributed by atoms with Gasteiger partial charge in [-0.15, -0.1) is 0 Å². The molecule has 2 amide bonds. The zero-order valence-corrected chi connectivity index (χ0v) is 18.7. The summed E-state index contributed by atoms with van der Waals surface area (Å²) in [6, 6.07) is 20.9. The number of amides is 2. The van der Waals surface area contributed by atoms with Gasteiger partial charge in [0.25, 0.3) is 11.1 Å². The molecule has 3 aromatic rings. The van der Waals surface area contributed by atoms with E-state index in [0.717, 1.165) is 22.9 Å². The molecule has 3 aromatic carbocycles. The monoisotopic (exact) mass is 463 g/mol. The number of hydrogen-bond donors (Lipinski definition) is 0. The number of aryl methyl sites for hydroxylation is 1. The zero-order chi connectivity index (χ0) is 22.7. The lowest BCUT2D eigenvalue weighted by atomic mass is 10.1. The fourth-order valence-electron chi connectivity index (χ4n) is 3.20. The van der Waals surface area contributed by atoms with Gasteiger partial charge < -0.3 is 4.74 Å². The largest absolute Gasteiger partial charge is 0.423 e. The Morgan fingerprint density at radius 2 is 1.78 bits per heavy atom. The van der Waals surface area contributed by atoms with Crippen LogP contribution in [0.3, 0.4) is 0 Å². The van der Waals surface area contributed by atoms with Crippen LogP contribution in [0.5, 0.6) is 5.75 Å². The summed E-state index contributed by atoms with van der Waals surface area (Å²) >= 11 is 6.74. The first kappa shape index (κ1) is 21.9. The van der Waals surface area contributed by atoms with Gasteiger partial charge in [0.15, 0.2) is 0 Å². The van der Waals surface area contributed by atoms with Gasteiger partial charge in [-0.3, -0.25) is 14.5 Å². The summed E-state index contributed by atoms with van der Waals surface area (Å²) in [5, 5.41) is 0.216. The second-order valence-corrected chi connectivity index (χ2v) is 8.66. The van der Waals surface area contributed by atoms with Crippen molar-refractivity contribution >= 4 is 46.6 Å². The van der Waals surface area contributed by atoms with E-state index in [2.05, 4.69) is 0 Å². The van der Waals surface area contributed by atoms with E-state index in [-0.39, 0.29) is 17.7 Å². The number of ether oxygens (including phenoxy) is 1. The van der Waals surface area contributed by atoms with Crippen molar-refractivity contribution in [3.8, 4) is 5.75 Å². The molecule has 1 fully saturated rings. The number of carbonyl (C=O) groups is 3. The van der Waals surface area contributed by atoms with Gasteiger partial charge in [0.05, 0.1) is 17.0 Å². The third kappa shape index (κ3) is 5.10. The van der Waals surface area contributed by atoms with E-state index in [4.69, 9.17) is 16.3 Å². The molecule has 0 atom stereocenters. The van der Waals surface area contributed by atoms with E-state index in [1.807, 2.05) is 31.2 Å². The molecule has 0 spiro atoms. The van der Waals surface area contributed by atoms with E-state index in [9.17, 15) is 14.4 Å². The van der Waals surface area contributed by atoms with Gasteiger partial charge in [-0.05, 0) is 72.3 Å². The fraction of sp³-hybridized carbons (Fsp3) is 0.0800. The van der Waals surface area contributed by atoms with Gasteiger partial charge >= 0.3 is 5.97 Å². The maximum absolute atomic E-state index is 12.8. The Labute approximate surface area is 194 Å². The highest BCUT2D eigenvalue weighted by molar-refractivity contribution is 8.18. The average Bonchev–Trinajstić information content (AvgIpc) is 3.02. The molecular weight excluding hydrogens is 446 g/mol. The molecule has 1 heterocycles. The molecule has 160 valence electrons. The minimum atomic E-state index is -0.516. The molecule has 0 radical (unpaired) electrons. The van der Waals surface area contributed by atoms with Crippen molar-refractivity contribution < 1.29 is 19.1 Å². The van der Waals surface area contributed by atoms with Crippen molar-refractivity contribution in [3.63, 3.8) is 0 Å². The van der Waals surface area contributed by atoms with Crippen LogP contribution >= 0.6 is 23.4 Å². The Morgan fingerprint density at radius 3 is 2.53 bits per heavy atom. The number of esters is 1. The Hall–Kier alpha value is -3.35. The van der Waals surface area contributed by atoms with E-state index in [0.29, 0.717) is 26.8 Å². The van der Waals surface area contributed by atoms with Crippen molar-refractivity contribution in [2.45, 2.75) is 13.5 Å². The molecule has 0 aromatic heterocycles. The molecule has 1 saturated heterocycles. The first-order chi connectivity index (χ1) is 15.4. The number of benzene rings is 3. The second-order valence-electron chi connectivity index (χ2n) is 7.23. The maximum Gasteiger partial charge on any atom is 0.343 e. The molecule has 0 saturated carbocycles. The summed E-state index contributed by atoms with van der Waals surface area (Å²) in [6.07, 6.45) is 1.63. The SMILES string of the molecule is Cc1cccc(CN2C(=O)S/C(=C\c3cccc(OC(=O)c4ccc(Cl)cc4)c3)C2=O)c1. The van der Waals surface area contributed by atoms with Crippen LogP contribution in [0.25, 0.3) is 6.08 Å². The number of imide groups is 1. The molecule has 1 aliphatic heterocycles. The Balaban J connectivity index is 1.49. The lowest BCUT2D eigenvalue weighted by Gasteiger charge is -2.12. The van der Waals surface area contributed by atoms with Crippen LogP contribution in [0.2, 0.25) is 5.02 Å². The molecule has 32 heavy (non-hydrogen) atoms. The molecule has 0 aliphatic carbocycles. The van der Waals surface area contributed by atoms with Crippen molar-refractivity contribution in [2.75, 3.05) is 0 Å². The number of halogens is 1. The standard InChI is InChI=1S/C25H18ClNO4S/c1-16-4-2-6-18(12-16)15-27-23(28)22(32-25(27)30)14-17-5-3-7-21(13-17)31-24(29)19-8-10-20(26)11-9-19/h2-14H,15H2,1H3/b22-14-. The van der Waals surface area contributed by atoms with Gasteiger partial charge in [-0.1, -0.05) is 53.6 Å². The Bertz CT molecular complexity index is 1240. The smallest absolute Gasteiger partial charge is 0.343 e. The average molecular weight is 464 g/mol. The van der Waals surface area contributed by atoms with Crippen LogP contribution in [0.4, 0.5) is 4.79 Å². The van der Waals surface area contributed by atoms with Gasteiger partial charge in [0.1, 0.15) is 5.75 Å². The minimum absolute atomic E-state index is 0.225. The van der Waals surface area contributed by atoms with Crippen molar-refractivity contribution in [1.82, 2.24) is 4.90 Å². The topological polar surface area (TPSA) is 63.7 Å². The van der Waals surface area contributed by atoms with Gasteiger partial charge in [-0.2, -0.15) is 0 Å². The summed E-state index contributed by atoms with van der Waals surface area (Å²) in [5.41, 5.74) is 2.98. The lowest BCUT2D eigenvalue weighted by Crippen LogP contribution is -2.27. The van der Waals surface area contributed by atoms with Crippen LogP contribution in [-0.4, -0.2) is 22.0 Å². The molecule has 7 heteroatoms. The van der Waals surface area contributed by atoms with Crippen LogP contribution in [-0.2, 0) is 11.3 Å². The molecular formula is C25H18ClNO4S. The third-order valence-corrected chi connectivity index (χ3v) is 5.90. The second kappa shape index (κ2) is 9.42. The summed E-state index contributed by atoms with van der Waals surface area (Å²) in [6.45, 7) is 2.19. The zero-order valence-electron chi connectivity index (χ0n) is 17.1. The van der Waals surface area contributed by atoms with E-state index in [1.54, 1.807) is 54.6 Å².